The van der Waals surface area contributed by atoms with Crippen molar-refractivity contribution in [3.63, 3.8) is 0 Å². The van der Waals surface area contributed by atoms with E-state index in [9.17, 15) is 9.18 Å². The summed E-state index contributed by atoms with van der Waals surface area (Å²) in [6.45, 7) is 0.175. The van der Waals surface area contributed by atoms with E-state index in [1.54, 1.807) is 36.5 Å². The molecule has 2 aromatic carbocycles. The molecule has 0 aliphatic heterocycles. The number of hydrogen-bond donors (Lipinski definition) is 0. The van der Waals surface area contributed by atoms with Crippen molar-refractivity contribution in [2.75, 3.05) is 7.11 Å². The van der Waals surface area contributed by atoms with Crippen molar-refractivity contribution < 1.29 is 18.7 Å². The number of methoxy groups -OCH3 is 1. The van der Waals surface area contributed by atoms with Gasteiger partial charge in [0, 0.05) is 35.0 Å². The molecular weight excluding hydrogens is 404 g/mol. The number of hydrogen-bond acceptors (Lipinski definition) is 4. The number of aromatic nitrogens is 1. The third kappa shape index (κ3) is 5.00. The molecule has 0 saturated carbocycles. The van der Waals surface area contributed by atoms with Crippen LogP contribution in [0.5, 0.6) is 5.75 Å². The zero-order chi connectivity index (χ0) is 20.1. The van der Waals surface area contributed by atoms with E-state index >= 15 is 0 Å². The van der Waals surface area contributed by atoms with Crippen molar-refractivity contribution in [1.29, 1.82) is 0 Å². The van der Waals surface area contributed by atoms with Gasteiger partial charge >= 0.3 is 5.97 Å². The number of rotatable bonds is 6. The van der Waals surface area contributed by atoms with Crippen molar-refractivity contribution in [2.24, 2.45) is 0 Å². The molecule has 3 rings (SSSR count). The first kappa shape index (κ1) is 20.1. The molecule has 0 spiro atoms. The van der Waals surface area contributed by atoms with Crippen LogP contribution < -0.4 is 4.74 Å². The minimum atomic E-state index is -0.456. The summed E-state index contributed by atoms with van der Waals surface area (Å²) in [5, 5.41) is 0.852. The molecule has 1 heterocycles. The molecule has 3 aromatic rings. The van der Waals surface area contributed by atoms with Gasteiger partial charge in [-0.25, -0.2) is 9.18 Å². The van der Waals surface area contributed by atoms with Gasteiger partial charge in [-0.05, 0) is 42.0 Å². The number of ether oxygens (including phenoxy) is 2. The molecule has 1 aromatic heterocycles. The van der Waals surface area contributed by atoms with Gasteiger partial charge in [-0.15, -0.1) is 0 Å². The second-order valence-electron chi connectivity index (χ2n) is 6.03. The van der Waals surface area contributed by atoms with Crippen LogP contribution in [0, 0.1) is 5.82 Å². The Morgan fingerprint density at radius 1 is 1.07 bits per heavy atom. The van der Waals surface area contributed by atoms with E-state index in [-0.39, 0.29) is 6.61 Å². The maximum atomic E-state index is 13.2. The Bertz CT molecular complexity index is 1010. The lowest BCUT2D eigenvalue weighted by Crippen LogP contribution is -2.04. The predicted octanol–water partition coefficient (Wildman–Crippen LogP) is 5.48. The maximum Gasteiger partial charge on any atom is 0.339 e. The molecule has 0 unspecified atom stereocenters. The summed E-state index contributed by atoms with van der Waals surface area (Å²) >= 11 is 12.2. The molecule has 144 valence electrons. The predicted molar refractivity (Wildman–Crippen MR) is 106 cm³/mol. The van der Waals surface area contributed by atoms with E-state index in [2.05, 4.69) is 4.98 Å². The topological polar surface area (TPSA) is 48.4 Å². The van der Waals surface area contributed by atoms with Gasteiger partial charge in [0.05, 0.1) is 17.7 Å². The van der Waals surface area contributed by atoms with E-state index in [4.69, 9.17) is 32.7 Å². The van der Waals surface area contributed by atoms with Gasteiger partial charge in [0.1, 0.15) is 18.2 Å². The molecule has 0 bridgehead atoms. The fourth-order valence-corrected chi connectivity index (χ4v) is 3.07. The molecule has 7 heteroatoms. The molecule has 0 aliphatic rings. The van der Waals surface area contributed by atoms with Gasteiger partial charge in [-0.1, -0.05) is 29.3 Å². The van der Waals surface area contributed by atoms with E-state index in [0.717, 1.165) is 11.1 Å². The van der Waals surface area contributed by atoms with E-state index in [1.165, 1.54) is 25.4 Å². The van der Waals surface area contributed by atoms with Crippen molar-refractivity contribution in [2.45, 2.75) is 13.0 Å². The summed E-state index contributed by atoms with van der Waals surface area (Å²) < 4.78 is 23.8. The van der Waals surface area contributed by atoms with Crippen LogP contribution >= 0.6 is 23.2 Å². The fraction of sp³-hybridized carbons (Fsp3) is 0.143. The molecule has 0 N–H and O–H groups in total. The zero-order valence-corrected chi connectivity index (χ0v) is 16.4. The van der Waals surface area contributed by atoms with Crippen LogP contribution in [-0.2, 0) is 17.8 Å². The highest BCUT2D eigenvalue weighted by Crippen LogP contribution is 2.27. The highest BCUT2D eigenvalue weighted by molar-refractivity contribution is 6.31. The summed E-state index contributed by atoms with van der Waals surface area (Å²) in [6.07, 6.45) is 3.56. The summed E-state index contributed by atoms with van der Waals surface area (Å²) in [4.78, 5) is 15.8. The van der Waals surface area contributed by atoms with Crippen molar-refractivity contribution in [3.8, 4) is 5.75 Å². The Balaban J connectivity index is 1.82. The second-order valence-corrected chi connectivity index (χ2v) is 6.87. The van der Waals surface area contributed by atoms with Crippen LogP contribution in [0.25, 0.3) is 0 Å². The summed E-state index contributed by atoms with van der Waals surface area (Å²) in [5.74, 6) is -0.255. The number of benzene rings is 2. The van der Waals surface area contributed by atoms with Crippen LogP contribution in [0.4, 0.5) is 4.39 Å². The molecule has 4 nitrogen and oxygen atoms in total. The smallest absolute Gasteiger partial charge is 0.339 e. The monoisotopic (exact) mass is 419 g/mol. The number of esters is 1. The molecule has 28 heavy (non-hydrogen) atoms. The Morgan fingerprint density at radius 2 is 1.89 bits per heavy atom. The van der Waals surface area contributed by atoms with Crippen LogP contribution in [0.1, 0.15) is 27.0 Å². The lowest BCUT2D eigenvalue weighted by atomic mass is 10.0. The maximum absolute atomic E-state index is 13.2. The quantitative estimate of drug-likeness (QED) is 0.496. The van der Waals surface area contributed by atoms with Crippen LogP contribution in [0.2, 0.25) is 10.0 Å². The van der Waals surface area contributed by atoms with Gasteiger partial charge in [-0.3, -0.25) is 4.98 Å². The van der Waals surface area contributed by atoms with Gasteiger partial charge < -0.3 is 9.47 Å². The van der Waals surface area contributed by atoms with Crippen LogP contribution in [-0.4, -0.2) is 18.1 Å². The third-order valence-electron chi connectivity index (χ3n) is 4.03. The standard InChI is InChI=1S/C21H16Cl2FNO3/c1-27-21(26)16-7-13(10-25-11-16)6-15-8-17(22)3-5-20(15)28-12-14-2-4-18(24)9-19(14)23/h2-5,7-11H,6,12H2,1H3. The van der Waals surface area contributed by atoms with Crippen LogP contribution in [0.3, 0.4) is 0 Å². The fourth-order valence-electron chi connectivity index (χ4n) is 2.65. The first-order chi connectivity index (χ1) is 13.5. The number of pyridine rings is 1. The molecule has 0 saturated heterocycles. The van der Waals surface area contributed by atoms with Crippen LogP contribution in [0.15, 0.2) is 54.9 Å². The Kier molecular flexibility index (Phi) is 6.49. The first-order valence-corrected chi connectivity index (χ1v) is 9.09. The largest absolute Gasteiger partial charge is 0.489 e. The van der Waals surface area contributed by atoms with Gasteiger partial charge in [0.25, 0.3) is 0 Å². The second kappa shape index (κ2) is 9.04. The lowest BCUT2D eigenvalue weighted by Gasteiger charge is -2.13. The summed E-state index contributed by atoms with van der Waals surface area (Å²) in [7, 11) is 1.32. The van der Waals surface area contributed by atoms with E-state index < -0.39 is 11.8 Å². The molecule has 0 atom stereocenters. The number of carbonyl (C=O) groups excluding carboxylic acids is 1. The Labute approximate surface area is 171 Å². The highest BCUT2D eigenvalue weighted by Gasteiger charge is 2.11. The molecule has 0 amide bonds. The summed E-state index contributed by atoms with van der Waals surface area (Å²) in [5.41, 5.74) is 2.64. The zero-order valence-electron chi connectivity index (χ0n) is 14.9. The average molecular weight is 420 g/mol. The lowest BCUT2D eigenvalue weighted by molar-refractivity contribution is 0.0600. The van der Waals surface area contributed by atoms with E-state index in [1.807, 2.05) is 0 Å². The third-order valence-corrected chi connectivity index (χ3v) is 4.62. The molecular formula is C21H16Cl2FNO3. The highest BCUT2D eigenvalue weighted by atomic mass is 35.5. The van der Waals surface area contributed by atoms with Gasteiger partial charge in [-0.2, -0.15) is 0 Å². The molecule has 0 fully saturated rings. The average Bonchev–Trinajstić information content (AvgIpc) is 2.68. The number of nitrogens with zero attached hydrogens (tertiary/aromatic N) is 1. The minimum absolute atomic E-state index is 0.175. The molecule has 0 radical (unpaired) electrons. The SMILES string of the molecule is COC(=O)c1cncc(Cc2cc(Cl)ccc2OCc2ccc(F)cc2Cl)c1. The normalized spacial score (nSPS) is 10.6. The van der Waals surface area contributed by atoms with Crippen molar-refractivity contribution in [1.82, 2.24) is 4.98 Å². The first-order valence-electron chi connectivity index (χ1n) is 8.33. The minimum Gasteiger partial charge on any atom is -0.489 e. The number of carbonyl (C=O) groups is 1. The van der Waals surface area contributed by atoms with Crippen molar-refractivity contribution in [3.05, 3.63) is 93.0 Å². The molecule has 0 aliphatic carbocycles. The Morgan fingerprint density at radius 3 is 2.64 bits per heavy atom. The summed E-state index contributed by atoms with van der Waals surface area (Å²) in [6, 6.07) is 11.1. The number of halogens is 3. The van der Waals surface area contributed by atoms with E-state index in [0.29, 0.717) is 33.3 Å². The Hall–Kier alpha value is -2.63. The van der Waals surface area contributed by atoms with Crippen molar-refractivity contribution >= 4 is 29.2 Å². The van der Waals surface area contributed by atoms with Gasteiger partial charge in [0.15, 0.2) is 0 Å². The van der Waals surface area contributed by atoms with Gasteiger partial charge in [0.2, 0.25) is 0 Å².